The van der Waals surface area contributed by atoms with E-state index in [9.17, 15) is 9.59 Å². The number of carboxylic acid groups (broad SMARTS) is 2. The van der Waals surface area contributed by atoms with Crippen molar-refractivity contribution in [1.82, 2.24) is 0 Å². The fraction of sp³-hybridized carbons (Fsp3) is 0.125. The summed E-state index contributed by atoms with van der Waals surface area (Å²) in [4.78, 5) is 20.4. The van der Waals surface area contributed by atoms with E-state index in [0.29, 0.717) is 11.1 Å². The normalized spacial score (nSPS) is 7.48. The SMILES string of the molecule is C[O-].C[O-].O=C(O)c1ccccc1.O=C(O)c1ccccc1.[Ti+2]. The Morgan fingerprint density at radius 1 is 0.652 bits per heavy atom. The van der Waals surface area contributed by atoms with E-state index in [0.717, 1.165) is 14.2 Å². The van der Waals surface area contributed by atoms with Gasteiger partial charge < -0.3 is 20.4 Å². The number of carboxylic acids is 2. The van der Waals surface area contributed by atoms with Gasteiger partial charge in [0, 0.05) is 0 Å². The van der Waals surface area contributed by atoms with Crippen LogP contribution in [0.15, 0.2) is 60.7 Å². The van der Waals surface area contributed by atoms with Crippen molar-refractivity contribution in [3.05, 3.63) is 71.8 Å². The summed E-state index contributed by atoms with van der Waals surface area (Å²) in [6.45, 7) is 0. The molecule has 7 heteroatoms. The van der Waals surface area contributed by atoms with Crippen LogP contribution in [0.4, 0.5) is 0 Å². The Kier molecular flexibility index (Phi) is 20.4. The van der Waals surface area contributed by atoms with E-state index in [-0.39, 0.29) is 21.7 Å². The minimum absolute atomic E-state index is 0. The minimum atomic E-state index is -0.879. The van der Waals surface area contributed by atoms with E-state index < -0.39 is 11.9 Å². The van der Waals surface area contributed by atoms with E-state index >= 15 is 0 Å². The minimum Gasteiger partial charge on any atom is -0.857 e. The van der Waals surface area contributed by atoms with Crippen molar-refractivity contribution in [2.45, 2.75) is 0 Å². The summed E-state index contributed by atoms with van der Waals surface area (Å²) < 4.78 is 0. The van der Waals surface area contributed by atoms with Crippen LogP contribution in [-0.4, -0.2) is 36.4 Å². The van der Waals surface area contributed by atoms with Gasteiger partial charge in [0.2, 0.25) is 0 Å². The van der Waals surface area contributed by atoms with Crippen LogP contribution in [0.3, 0.4) is 0 Å². The third kappa shape index (κ3) is 13.4. The molecule has 2 aromatic rings. The predicted molar refractivity (Wildman–Crippen MR) is 78.7 cm³/mol. The Balaban J connectivity index is -0.000000276. The summed E-state index contributed by atoms with van der Waals surface area (Å²) in [7, 11) is 1.50. The van der Waals surface area contributed by atoms with Gasteiger partial charge in [-0.1, -0.05) is 36.4 Å². The Bertz CT molecular complexity index is 467. The number of rotatable bonds is 2. The molecule has 0 atom stereocenters. The Morgan fingerprint density at radius 3 is 1.00 bits per heavy atom. The Hall–Kier alpha value is -1.99. The molecular formula is C16H18O6Ti. The van der Waals surface area contributed by atoms with Crippen molar-refractivity contribution in [3.63, 3.8) is 0 Å². The zero-order chi connectivity index (χ0) is 17.4. The van der Waals surface area contributed by atoms with Crippen LogP contribution in [0.2, 0.25) is 0 Å². The molecule has 0 aromatic heterocycles. The summed E-state index contributed by atoms with van der Waals surface area (Å²) >= 11 is 0. The molecule has 122 valence electrons. The third-order valence-corrected chi connectivity index (χ3v) is 2.04. The summed E-state index contributed by atoms with van der Waals surface area (Å²) in [5.74, 6) is -1.76. The van der Waals surface area contributed by atoms with Gasteiger partial charge in [0.1, 0.15) is 0 Å². The molecule has 0 heterocycles. The molecule has 2 N–H and O–H groups in total. The predicted octanol–water partition coefficient (Wildman–Crippen LogP) is 0.720. The van der Waals surface area contributed by atoms with Crippen molar-refractivity contribution in [2.75, 3.05) is 14.2 Å². The van der Waals surface area contributed by atoms with Crippen LogP contribution >= 0.6 is 0 Å². The van der Waals surface area contributed by atoms with Gasteiger partial charge in [0.15, 0.2) is 0 Å². The van der Waals surface area contributed by atoms with Crippen LogP contribution < -0.4 is 10.2 Å². The number of hydrogen-bond donors (Lipinski definition) is 2. The number of aromatic carboxylic acids is 2. The zero-order valence-electron chi connectivity index (χ0n) is 12.8. The van der Waals surface area contributed by atoms with Crippen LogP contribution in [0, 0.1) is 0 Å². The Labute approximate surface area is 149 Å². The van der Waals surface area contributed by atoms with E-state index in [4.69, 9.17) is 20.4 Å². The average molecular weight is 354 g/mol. The molecule has 2 rings (SSSR count). The van der Waals surface area contributed by atoms with E-state index in [1.165, 1.54) is 0 Å². The van der Waals surface area contributed by atoms with Gasteiger partial charge in [0.05, 0.1) is 11.1 Å². The fourth-order valence-electron chi connectivity index (χ4n) is 1.16. The summed E-state index contributed by atoms with van der Waals surface area (Å²) in [5.41, 5.74) is 0.662. The standard InChI is InChI=1S/2C7H6O2.2CH3O.Ti/c2*8-7(9)6-4-2-1-3-5-6;2*1-2;/h2*1-5H,(H,8,9);2*1H3;/q;;2*-1;+2. The van der Waals surface area contributed by atoms with Crippen molar-refractivity contribution >= 4 is 11.9 Å². The molecule has 0 aliphatic rings. The number of carbonyl (C=O) groups is 2. The van der Waals surface area contributed by atoms with Gasteiger partial charge in [-0.25, -0.2) is 9.59 Å². The van der Waals surface area contributed by atoms with Crippen molar-refractivity contribution in [2.24, 2.45) is 0 Å². The van der Waals surface area contributed by atoms with Gasteiger partial charge in [0.25, 0.3) is 0 Å². The second kappa shape index (κ2) is 18.1. The molecule has 0 spiro atoms. The molecule has 0 saturated carbocycles. The van der Waals surface area contributed by atoms with Gasteiger partial charge in [-0.3, -0.25) is 0 Å². The molecule has 0 aliphatic heterocycles. The molecule has 0 radical (unpaired) electrons. The van der Waals surface area contributed by atoms with E-state index in [1.807, 2.05) is 0 Å². The van der Waals surface area contributed by atoms with E-state index in [2.05, 4.69) is 0 Å². The van der Waals surface area contributed by atoms with Crippen LogP contribution in [-0.2, 0) is 21.7 Å². The number of benzene rings is 2. The quantitative estimate of drug-likeness (QED) is 0.767. The second-order valence-corrected chi connectivity index (χ2v) is 3.34. The first-order valence-electron chi connectivity index (χ1n) is 5.99. The first-order chi connectivity index (χ1) is 10.6. The topological polar surface area (TPSA) is 121 Å². The summed E-state index contributed by atoms with van der Waals surface area (Å²) in [6.07, 6.45) is 0. The van der Waals surface area contributed by atoms with E-state index in [1.54, 1.807) is 60.7 Å². The molecule has 0 bridgehead atoms. The van der Waals surface area contributed by atoms with Gasteiger partial charge in [-0.2, -0.15) is 14.2 Å². The maximum Gasteiger partial charge on any atom is 2.00 e. The molecule has 0 fully saturated rings. The smallest absolute Gasteiger partial charge is 0.857 e. The van der Waals surface area contributed by atoms with Gasteiger partial charge in [-0.15, -0.1) is 0 Å². The fourth-order valence-corrected chi connectivity index (χ4v) is 1.16. The molecule has 0 unspecified atom stereocenters. The molecule has 0 aliphatic carbocycles. The monoisotopic (exact) mass is 354 g/mol. The summed E-state index contributed by atoms with van der Waals surface area (Å²) in [6, 6.07) is 16.6. The molecular weight excluding hydrogens is 336 g/mol. The zero-order valence-corrected chi connectivity index (χ0v) is 14.4. The van der Waals surface area contributed by atoms with Crippen molar-refractivity contribution in [1.29, 1.82) is 0 Å². The van der Waals surface area contributed by atoms with Crippen molar-refractivity contribution < 1.29 is 51.7 Å². The van der Waals surface area contributed by atoms with Gasteiger partial charge in [-0.05, 0) is 24.3 Å². The second-order valence-electron chi connectivity index (χ2n) is 3.34. The average Bonchev–Trinajstić information content (AvgIpc) is 2.60. The molecule has 0 saturated heterocycles. The first-order valence-corrected chi connectivity index (χ1v) is 5.99. The van der Waals surface area contributed by atoms with Crippen molar-refractivity contribution in [3.8, 4) is 0 Å². The van der Waals surface area contributed by atoms with Crippen LogP contribution in [0.1, 0.15) is 20.7 Å². The summed E-state index contributed by atoms with van der Waals surface area (Å²) in [5, 5.41) is 33.3. The van der Waals surface area contributed by atoms with Crippen LogP contribution in [0.25, 0.3) is 0 Å². The number of hydrogen-bond acceptors (Lipinski definition) is 4. The molecule has 23 heavy (non-hydrogen) atoms. The van der Waals surface area contributed by atoms with Gasteiger partial charge >= 0.3 is 33.7 Å². The first kappa shape index (κ1) is 25.9. The van der Waals surface area contributed by atoms with Crippen LogP contribution in [0.5, 0.6) is 0 Å². The molecule has 6 nitrogen and oxygen atoms in total. The Morgan fingerprint density at radius 2 is 0.870 bits per heavy atom. The molecule has 2 aromatic carbocycles. The third-order valence-electron chi connectivity index (χ3n) is 2.04. The largest absolute Gasteiger partial charge is 2.00 e. The maximum atomic E-state index is 10.2. The molecule has 0 amide bonds. The maximum absolute atomic E-state index is 10.2.